The summed E-state index contributed by atoms with van der Waals surface area (Å²) in [6, 6.07) is 5.79. The molecule has 62 valence electrons. The average Bonchev–Trinajstić information content (AvgIpc) is 2.04. The number of hydrogen-bond acceptors (Lipinski definition) is 3. The predicted octanol–water partition coefficient (Wildman–Crippen LogP) is 0.976. The van der Waals surface area contributed by atoms with Gasteiger partial charge >= 0.3 is 0 Å². The monoisotopic (exact) mass is 161 g/mol. The van der Waals surface area contributed by atoms with Crippen molar-refractivity contribution in [1.29, 1.82) is 0 Å². The first-order valence-corrected chi connectivity index (χ1v) is 3.86. The first-order chi connectivity index (χ1) is 5.79. The van der Waals surface area contributed by atoms with E-state index < -0.39 is 0 Å². The lowest BCUT2D eigenvalue weighted by atomic mass is 10.1. The molecule has 0 aromatic heterocycles. The summed E-state index contributed by atoms with van der Waals surface area (Å²) in [5, 5.41) is 1.66. The molecule has 1 aliphatic rings. The molecule has 0 fully saturated rings. The second-order valence-corrected chi connectivity index (χ2v) is 2.84. The maximum Gasteiger partial charge on any atom is 0.0822 e. The van der Waals surface area contributed by atoms with Crippen LogP contribution in [0.25, 0.3) is 6.08 Å². The van der Waals surface area contributed by atoms with Gasteiger partial charge in [0.25, 0.3) is 0 Å². The van der Waals surface area contributed by atoms with Gasteiger partial charge in [-0.1, -0.05) is 24.3 Å². The SMILES string of the molecule is Nc1cccc2c1N(N)CC=C2. The van der Waals surface area contributed by atoms with Crippen molar-refractivity contribution in [2.45, 2.75) is 0 Å². The van der Waals surface area contributed by atoms with Crippen LogP contribution in [0.1, 0.15) is 5.56 Å². The van der Waals surface area contributed by atoms with E-state index in [-0.39, 0.29) is 0 Å². The molecule has 0 unspecified atom stereocenters. The third kappa shape index (κ3) is 0.950. The Balaban J connectivity index is 2.62. The number of nitrogens with two attached hydrogens (primary N) is 2. The Hall–Kier alpha value is -1.48. The third-order valence-corrected chi connectivity index (χ3v) is 1.99. The second-order valence-electron chi connectivity index (χ2n) is 2.84. The zero-order valence-electron chi connectivity index (χ0n) is 6.70. The van der Waals surface area contributed by atoms with Gasteiger partial charge in [0.2, 0.25) is 0 Å². The minimum atomic E-state index is 0.723. The summed E-state index contributed by atoms with van der Waals surface area (Å²) >= 11 is 0. The van der Waals surface area contributed by atoms with Crippen LogP contribution in [0.5, 0.6) is 0 Å². The maximum absolute atomic E-state index is 5.78. The van der Waals surface area contributed by atoms with Crippen LogP contribution in [0.2, 0.25) is 0 Å². The number of anilines is 2. The molecule has 0 bridgehead atoms. The van der Waals surface area contributed by atoms with Crippen LogP contribution >= 0.6 is 0 Å². The van der Waals surface area contributed by atoms with E-state index >= 15 is 0 Å². The summed E-state index contributed by atoms with van der Waals surface area (Å²) in [6.45, 7) is 0.723. The van der Waals surface area contributed by atoms with Gasteiger partial charge in [0.15, 0.2) is 0 Å². The Labute approximate surface area is 71.2 Å². The lowest BCUT2D eigenvalue weighted by Crippen LogP contribution is -2.33. The highest BCUT2D eigenvalue weighted by Crippen LogP contribution is 2.29. The molecule has 2 rings (SSSR count). The average molecular weight is 161 g/mol. The topological polar surface area (TPSA) is 55.3 Å². The molecular formula is C9H11N3. The number of benzene rings is 1. The van der Waals surface area contributed by atoms with Gasteiger partial charge < -0.3 is 10.7 Å². The third-order valence-electron chi connectivity index (χ3n) is 1.99. The highest BCUT2D eigenvalue weighted by atomic mass is 15.4. The Bertz CT molecular complexity index is 331. The molecule has 3 nitrogen and oxygen atoms in total. The fraction of sp³-hybridized carbons (Fsp3) is 0.111. The zero-order valence-corrected chi connectivity index (χ0v) is 6.70. The first kappa shape index (κ1) is 7.18. The second kappa shape index (κ2) is 2.53. The molecular weight excluding hydrogens is 150 g/mol. The number of nitrogen functional groups attached to an aromatic ring is 1. The van der Waals surface area contributed by atoms with Gasteiger partial charge in [0.05, 0.1) is 17.9 Å². The lowest BCUT2D eigenvalue weighted by Gasteiger charge is -2.24. The molecule has 0 aliphatic carbocycles. The van der Waals surface area contributed by atoms with Crippen LogP contribution in [0.3, 0.4) is 0 Å². The van der Waals surface area contributed by atoms with Gasteiger partial charge in [-0.3, -0.25) is 0 Å². The summed E-state index contributed by atoms with van der Waals surface area (Å²) in [5.74, 6) is 5.75. The van der Waals surface area contributed by atoms with E-state index in [2.05, 4.69) is 0 Å². The normalized spacial score (nSPS) is 14.6. The largest absolute Gasteiger partial charge is 0.397 e. The quantitative estimate of drug-likeness (QED) is 0.440. The van der Waals surface area contributed by atoms with Crippen molar-refractivity contribution in [3.05, 3.63) is 29.8 Å². The van der Waals surface area contributed by atoms with Crippen molar-refractivity contribution >= 4 is 17.5 Å². The van der Waals surface area contributed by atoms with E-state index in [1.54, 1.807) is 5.01 Å². The highest BCUT2D eigenvalue weighted by molar-refractivity contribution is 5.80. The molecule has 1 aromatic rings. The standard InChI is InChI=1S/C9H11N3/c10-8-5-1-3-7-4-2-6-12(11)9(7)8/h1-5H,6,10-11H2. The van der Waals surface area contributed by atoms with Gasteiger partial charge in [-0.05, 0) is 6.07 Å². The van der Waals surface area contributed by atoms with E-state index in [9.17, 15) is 0 Å². The summed E-state index contributed by atoms with van der Waals surface area (Å²) in [4.78, 5) is 0. The van der Waals surface area contributed by atoms with Crippen LogP contribution in [-0.2, 0) is 0 Å². The Morgan fingerprint density at radius 1 is 1.33 bits per heavy atom. The Morgan fingerprint density at radius 2 is 2.17 bits per heavy atom. The summed E-state index contributed by atoms with van der Waals surface area (Å²) < 4.78 is 0. The zero-order chi connectivity index (χ0) is 8.55. The van der Waals surface area contributed by atoms with Crippen molar-refractivity contribution in [2.75, 3.05) is 17.3 Å². The van der Waals surface area contributed by atoms with Crippen molar-refractivity contribution in [3.63, 3.8) is 0 Å². The number of rotatable bonds is 0. The number of para-hydroxylation sites is 1. The molecule has 0 atom stereocenters. The number of hydrogen-bond donors (Lipinski definition) is 2. The van der Waals surface area contributed by atoms with E-state index in [1.165, 1.54) is 0 Å². The van der Waals surface area contributed by atoms with E-state index in [4.69, 9.17) is 11.6 Å². The number of nitrogens with zero attached hydrogens (tertiary/aromatic N) is 1. The van der Waals surface area contributed by atoms with Crippen molar-refractivity contribution in [3.8, 4) is 0 Å². The molecule has 1 aromatic carbocycles. The Morgan fingerprint density at radius 3 is 2.92 bits per heavy atom. The number of fused-ring (bicyclic) bond motifs is 1. The molecule has 1 aliphatic heterocycles. The van der Waals surface area contributed by atoms with Crippen molar-refractivity contribution in [2.24, 2.45) is 5.84 Å². The van der Waals surface area contributed by atoms with Crippen LogP contribution in [0, 0.1) is 0 Å². The van der Waals surface area contributed by atoms with Crippen LogP contribution in [0.15, 0.2) is 24.3 Å². The molecule has 0 radical (unpaired) electrons. The van der Waals surface area contributed by atoms with E-state index in [0.29, 0.717) is 0 Å². The van der Waals surface area contributed by atoms with Crippen molar-refractivity contribution < 1.29 is 0 Å². The minimum absolute atomic E-state index is 0.723. The molecule has 3 heteroatoms. The summed E-state index contributed by atoms with van der Waals surface area (Å²) in [7, 11) is 0. The van der Waals surface area contributed by atoms with E-state index in [1.807, 2.05) is 30.4 Å². The maximum atomic E-state index is 5.78. The molecule has 0 saturated carbocycles. The lowest BCUT2D eigenvalue weighted by molar-refractivity contribution is 0.933. The molecule has 0 amide bonds. The molecule has 4 N–H and O–H groups in total. The van der Waals surface area contributed by atoms with Gasteiger partial charge in [-0.25, -0.2) is 5.84 Å². The van der Waals surface area contributed by atoms with Crippen LogP contribution in [0.4, 0.5) is 11.4 Å². The molecule has 12 heavy (non-hydrogen) atoms. The van der Waals surface area contributed by atoms with Gasteiger partial charge in [0, 0.05) is 5.56 Å². The molecule has 0 saturated heterocycles. The Kier molecular flexibility index (Phi) is 1.52. The highest BCUT2D eigenvalue weighted by Gasteiger charge is 2.11. The van der Waals surface area contributed by atoms with Crippen molar-refractivity contribution in [1.82, 2.24) is 0 Å². The fourth-order valence-electron chi connectivity index (χ4n) is 1.43. The smallest absolute Gasteiger partial charge is 0.0822 e. The first-order valence-electron chi connectivity index (χ1n) is 3.86. The minimum Gasteiger partial charge on any atom is -0.397 e. The van der Waals surface area contributed by atoms with Gasteiger partial charge in [-0.15, -0.1) is 0 Å². The predicted molar refractivity (Wildman–Crippen MR) is 51.4 cm³/mol. The summed E-state index contributed by atoms with van der Waals surface area (Å²) in [5.41, 5.74) is 8.53. The molecule has 1 heterocycles. The van der Waals surface area contributed by atoms with Crippen LogP contribution in [-0.4, -0.2) is 6.54 Å². The van der Waals surface area contributed by atoms with Gasteiger partial charge in [-0.2, -0.15) is 0 Å². The molecule has 0 spiro atoms. The van der Waals surface area contributed by atoms with Crippen LogP contribution < -0.4 is 16.6 Å². The van der Waals surface area contributed by atoms with E-state index in [0.717, 1.165) is 23.5 Å². The summed E-state index contributed by atoms with van der Waals surface area (Å²) in [6.07, 6.45) is 4.05. The number of hydrazine groups is 1. The van der Waals surface area contributed by atoms with Gasteiger partial charge in [0.1, 0.15) is 0 Å². The fourth-order valence-corrected chi connectivity index (χ4v) is 1.43.